The number of hydrogen-bond donors (Lipinski definition) is 1. The SMILES string of the molecule is CC(C)c1ccc2c(c1)nc(CCC(=O)O)n2C(C)C. The largest absolute Gasteiger partial charge is 0.481 e. The van der Waals surface area contributed by atoms with Crippen molar-refractivity contribution in [1.82, 2.24) is 9.55 Å². The summed E-state index contributed by atoms with van der Waals surface area (Å²) in [4.78, 5) is 15.4. The zero-order valence-electron chi connectivity index (χ0n) is 12.6. The second kappa shape index (κ2) is 5.65. The van der Waals surface area contributed by atoms with Gasteiger partial charge in [0.2, 0.25) is 0 Å². The van der Waals surface area contributed by atoms with Gasteiger partial charge >= 0.3 is 5.97 Å². The lowest BCUT2D eigenvalue weighted by Crippen LogP contribution is -2.08. The highest BCUT2D eigenvalue weighted by atomic mass is 16.4. The molecule has 0 aliphatic heterocycles. The van der Waals surface area contributed by atoms with Crippen molar-refractivity contribution in [2.45, 2.75) is 52.5 Å². The van der Waals surface area contributed by atoms with E-state index in [1.165, 1.54) is 5.56 Å². The van der Waals surface area contributed by atoms with Gasteiger partial charge in [0.05, 0.1) is 17.5 Å². The van der Waals surface area contributed by atoms with E-state index in [0.29, 0.717) is 12.3 Å². The average molecular weight is 274 g/mol. The number of fused-ring (bicyclic) bond motifs is 1. The molecule has 0 aliphatic carbocycles. The molecule has 20 heavy (non-hydrogen) atoms. The van der Waals surface area contributed by atoms with E-state index in [4.69, 9.17) is 5.11 Å². The van der Waals surface area contributed by atoms with Crippen LogP contribution in [0.25, 0.3) is 11.0 Å². The van der Waals surface area contributed by atoms with Crippen LogP contribution in [0.15, 0.2) is 18.2 Å². The Hall–Kier alpha value is -1.84. The molecule has 2 rings (SSSR count). The monoisotopic (exact) mass is 274 g/mol. The van der Waals surface area contributed by atoms with Crippen molar-refractivity contribution in [3.63, 3.8) is 0 Å². The van der Waals surface area contributed by atoms with Crippen LogP contribution >= 0.6 is 0 Å². The molecule has 4 nitrogen and oxygen atoms in total. The molecule has 0 spiro atoms. The van der Waals surface area contributed by atoms with Crippen LogP contribution in [0, 0.1) is 0 Å². The van der Waals surface area contributed by atoms with E-state index in [0.717, 1.165) is 16.9 Å². The molecule has 4 heteroatoms. The molecule has 2 aromatic rings. The summed E-state index contributed by atoms with van der Waals surface area (Å²) in [7, 11) is 0. The Morgan fingerprint density at radius 1 is 1.30 bits per heavy atom. The third kappa shape index (κ3) is 2.84. The van der Waals surface area contributed by atoms with Crippen LogP contribution < -0.4 is 0 Å². The first-order valence-corrected chi connectivity index (χ1v) is 7.12. The van der Waals surface area contributed by atoms with Crippen molar-refractivity contribution in [2.75, 3.05) is 0 Å². The molecule has 0 bridgehead atoms. The number of benzene rings is 1. The Bertz CT molecular complexity index is 627. The molecule has 108 valence electrons. The Labute approximate surface area is 119 Å². The Morgan fingerprint density at radius 3 is 2.55 bits per heavy atom. The average Bonchev–Trinajstić information content (AvgIpc) is 2.73. The zero-order chi connectivity index (χ0) is 14.9. The van der Waals surface area contributed by atoms with Crippen molar-refractivity contribution >= 4 is 17.0 Å². The number of aromatic nitrogens is 2. The summed E-state index contributed by atoms with van der Waals surface area (Å²) in [5, 5.41) is 8.86. The van der Waals surface area contributed by atoms with Crippen LogP contribution in [0.3, 0.4) is 0 Å². The molecule has 0 radical (unpaired) electrons. The van der Waals surface area contributed by atoms with Gasteiger partial charge in [-0.15, -0.1) is 0 Å². The molecule has 1 N–H and O–H groups in total. The molecular weight excluding hydrogens is 252 g/mol. The zero-order valence-corrected chi connectivity index (χ0v) is 12.6. The predicted octanol–water partition coefficient (Wildman–Crippen LogP) is 3.76. The van der Waals surface area contributed by atoms with Gasteiger partial charge in [0.25, 0.3) is 0 Å². The second-order valence-electron chi connectivity index (χ2n) is 5.79. The Kier molecular flexibility index (Phi) is 4.12. The van der Waals surface area contributed by atoms with Gasteiger partial charge in [0, 0.05) is 12.5 Å². The fraction of sp³-hybridized carbons (Fsp3) is 0.500. The van der Waals surface area contributed by atoms with E-state index >= 15 is 0 Å². The highest BCUT2D eigenvalue weighted by Crippen LogP contribution is 2.25. The summed E-state index contributed by atoms with van der Waals surface area (Å²) in [5.41, 5.74) is 3.31. The lowest BCUT2D eigenvalue weighted by Gasteiger charge is -2.13. The van der Waals surface area contributed by atoms with E-state index in [9.17, 15) is 4.79 Å². The fourth-order valence-corrected chi connectivity index (χ4v) is 2.50. The number of aryl methyl sites for hydroxylation is 1. The number of aliphatic carboxylic acids is 1. The van der Waals surface area contributed by atoms with Crippen LogP contribution in [-0.2, 0) is 11.2 Å². The van der Waals surface area contributed by atoms with Crippen molar-refractivity contribution in [3.05, 3.63) is 29.6 Å². The molecular formula is C16H22N2O2. The summed E-state index contributed by atoms with van der Waals surface area (Å²) in [6, 6.07) is 6.62. The summed E-state index contributed by atoms with van der Waals surface area (Å²) in [5.74, 6) is 0.541. The van der Waals surface area contributed by atoms with Gasteiger partial charge in [0.1, 0.15) is 5.82 Å². The summed E-state index contributed by atoms with van der Waals surface area (Å²) in [6.45, 7) is 8.52. The molecule has 0 aliphatic rings. The molecule has 0 amide bonds. The molecule has 1 aromatic heterocycles. The Morgan fingerprint density at radius 2 is 2.00 bits per heavy atom. The van der Waals surface area contributed by atoms with Gasteiger partial charge < -0.3 is 9.67 Å². The number of imidazole rings is 1. The van der Waals surface area contributed by atoms with E-state index in [1.807, 2.05) is 0 Å². The first kappa shape index (κ1) is 14.6. The van der Waals surface area contributed by atoms with Gasteiger partial charge in [-0.2, -0.15) is 0 Å². The number of carboxylic acids is 1. The minimum absolute atomic E-state index is 0.118. The lowest BCUT2D eigenvalue weighted by atomic mass is 10.0. The fourth-order valence-electron chi connectivity index (χ4n) is 2.50. The maximum Gasteiger partial charge on any atom is 0.303 e. The molecule has 1 heterocycles. The van der Waals surface area contributed by atoms with Gasteiger partial charge in [-0.1, -0.05) is 19.9 Å². The number of nitrogens with zero attached hydrogens (tertiary/aromatic N) is 2. The topological polar surface area (TPSA) is 55.1 Å². The third-order valence-corrected chi connectivity index (χ3v) is 3.53. The summed E-state index contributed by atoms with van der Waals surface area (Å²) < 4.78 is 2.14. The van der Waals surface area contributed by atoms with Crippen LogP contribution in [0.4, 0.5) is 0 Å². The highest BCUT2D eigenvalue weighted by molar-refractivity contribution is 5.77. The first-order valence-electron chi connectivity index (χ1n) is 7.12. The number of rotatable bonds is 5. The Balaban J connectivity index is 2.50. The van der Waals surface area contributed by atoms with Crippen molar-refractivity contribution in [2.24, 2.45) is 0 Å². The minimum atomic E-state index is -0.782. The predicted molar refractivity (Wildman–Crippen MR) is 80.2 cm³/mol. The third-order valence-electron chi connectivity index (χ3n) is 3.53. The molecule has 0 unspecified atom stereocenters. The van der Waals surface area contributed by atoms with Gasteiger partial charge in [-0.3, -0.25) is 4.79 Å². The number of carboxylic acid groups (broad SMARTS) is 1. The first-order chi connectivity index (χ1) is 9.40. The quantitative estimate of drug-likeness (QED) is 0.903. The number of hydrogen-bond acceptors (Lipinski definition) is 2. The summed E-state index contributed by atoms with van der Waals surface area (Å²) in [6.07, 6.45) is 0.590. The maximum absolute atomic E-state index is 10.8. The van der Waals surface area contributed by atoms with E-state index in [2.05, 4.69) is 55.4 Å². The number of carbonyl (C=O) groups is 1. The molecule has 0 saturated heterocycles. The van der Waals surface area contributed by atoms with E-state index in [-0.39, 0.29) is 12.5 Å². The maximum atomic E-state index is 10.8. The van der Waals surface area contributed by atoms with Crippen molar-refractivity contribution < 1.29 is 9.90 Å². The van der Waals surface area contributed by atoms with Gasteiger partial charge in [-0.25, -0.2) is 4.98 Å². The molecule has 0 atom stereocenters. The van der Waals surface area contributed by atoms with Crippen LogP contribution in [0.2, 0.25) is 0 Å². The summed E-state index contributed by atoms with van der Waals surface area (Å²) >= 11 is 0. The van der Waals surface area contributed by atoms with Crippen molar-refractivity contribution in [3.8, 4) is 0 Å². The van der Waals surface area contributed by atoms with Crippen LogP contribution in [-0.4, -0.2) is 20.6 Å². The van der Waals surface area contributed by atoms with Gasteiger partial charge in [-0.05, 0) is 37.5 Å². The normalized spacial score (nSPS) is 11.7. The van der Waals surface area contributed by atoms with E-state index in [1.54, 1.807) is 0 Å². The standard InChI is InChI=1S/C16H22N2O2/c1-10(2)12-5-6-14-13(9-12)17-15(7-8-16(19)20)18(14)11(3)4/h5-6,9-11H,7-8H2,1-4H3,(H,19,20). The second-order valence-corrected chi connectivity index (χ2v) is 5.79. The molecule has 0 fully saturated rings. The lowest BCUT2D eigenvalue weighted by molar-refractivity contribution is -0.137. The molecule has 0 saturated carbocycles. The minimum Gasteiger partial charge on any atom is -0.481 e. The van der Waals surface area contributed by atoms with Crippen LogP contribution in [0.1, 0.15) is 57.5 Å². The highest BCUT2D eigenvalue weighted by Gasteiger charge is 2.15. The van der Waals surface area contributed by atoms with Gasteiger partial charge in [0.15, 0.2) is 0 Å². The smallest absolute Gasteiger partial charge is 0.303 e. The molecule has 1 aromatic carbocycles. The van der Waals surface area contributed by atoms with Crippen molar-refractivity contribution in [1.29, 1.82) is 0 Å². The van der Waals surface area contributed by atoms with Crippen LogP contribution in [0.5, 0.6) is 0 Å². The van der Waals surface area contributed by atoms with E-state index < -0.39 is 5.97 Å².